The van der Waals surface area contributed by atoms with E-state index in [1.54, 1.807) is 17.0 Å². The van der Waals surface area contributed by atoms with Crippen molar-refractivity contribution in [2.45, 2.75) is 13.0 Å². The predicted molar refractivity (Wildman–Crippen MR) is 98.8 cm³/mol. The Morgan fingerprint density at radius 1 is 1.04 bits per heavy atom. The van der Waals surface area contributed by atoms with Crippen LogP contribution < -0.4 is 5.32 Å². The average Bonchev–Trinajstić information content (AvgIpc) is 2.70. The lowest BCUT2D eigenvalue weighted by Gasteiger charge is -2.28. The molecule has 0 radical (unpaired) electrons. The van der Waals surface area contributed by atoms with Crippen LogP contribution in [0.4, 0.5) is 20.2 Å². The Hall–Kier alpha value is -3.28. The number of pyridine rings is 1. The highest BCUT2D eigenvalue weighted by molar-refractivity contribution is 5.92. The summed E-state index contributed by atoms with van der Waals surface area (Å²) in [6.45, 7) is 1.22. The maximum atomic E-state index is 13.7. The fourth-order valence-electron chi connectivity index (χ4n) is 3.17. The molecule has 1 N–H and O–H groups in total. The lowest BCUT2D eigenvalue weighted by Crippen LogP contribution is -2.36. The van der Waals surface area contributed by atoms with Crippen molar-refractivity contribution >= 4 is 17.3 Å². The van der Waals surface area contributed by atoms with Gasteiger partial charge in [-0.1, -0.05) is 24.3 Å². The Bertz CT molecular complexity index is 989. The number of nitrogens with zero attached hydrogens (tertiary/aromatic N) is 2. The maximum absolute atomic E-state index is 13.7. The first-order valence-electron chi connectivity index (χ1n) is 8.64. The number of halogens is 2. The number of carbonyl (C=O) groups is 1. The number of carbonyl (C=O) groups excluding carboxylic acids is 1. The van der Waals surface area contributed by atoms with Gasteiger partial charge < -0.3 is 10.2 Å². The highest BCUT2D eigenvalue weighted by atomic mass is 19.1. The molecule has 4 rings (SSSR count). The molecule has 3 aromatic rings. The molecule has 2 heterocycles. The van der Waals surface area contributed by atoms with Gasteiger partial charge in [-0.2, -0.15) is 0 Å². The van der Waals surface area contributed by atoms with Gasteiger partial charge in [0.2, 0.25) is 0 Å². The second-order valence-corrected chi connectivity index (χ2v) is 6.43. The summed E-state index contributed by atoms with van der Waals surface area (Å²) in [5.41, 5.74) is 3.42. The molecular weight excluding hydrogens is 348 g/mol. The zero-order valence-electron chi connectivity index (χ0n) is 14.5. The molecule has 0 atom stereocenters. The van der Waals surface area contributed by atoms with E-state index in [0.717, 1.165) is 18.1 Å². The van der Waals surface area contributed by atoms with Gasteiger partial charge in [-0.15, -0.1) is 0 Å². The summed E-state index contributed by atoms with van der Waals surface area (Å²) >= 11 is 0. The average molecular weight is 365 g/mol. The van der Waals surface area contributed by atoms with Crippen molar-refractivity contribution in [1.82, 2.24) is 9.88 Å². The SMILES string of the molecule is O=C(c1ccc(Nc2ccc(F)cc2F)cn1)N1CCc2ccccc2C1. The molecule has 0 bridgehead atoms. The summed E-state index contributed by atoms with van der Waals surface area (Å²) in [5, 5.41) is 2.83. The van der Waals surface area contributed by atoms with Gasteiger partial charge in [-0.05, 0) is 41.8 Å². The van der Waals surface area contributed by atoms with Gasteiger partial charge in [0.25, 0.3) is 5.91 Å². The first-order valence-corrected chi connectivity index (χ1v) is 8.64. The number of rotatable bonds is 3. The number of nitrogens with one attached hydrogen (secondary N) is 1. The van der Waals surface area contributed by atoms with Gasteiger partial charge in [0.1, 0.15) is 17.3 Å². The van der Waals surface area contributed by atoms with Crippen molar-refractivity contribution < 1.29 is 13.6 Å². The van der Waals surface area contributed by atoms with Crippen molar-refractivity contribution in [2.75, 3.05) is 11.9 Å². The van der Waals surface area contributed by atoms with Crippen molar-refractivity contribution in [3.63, 3.8) is 0 Å². The fraction of sp³-hybridized carbons (Fsp3) is 0.143. The molecule has 0 saturated carbocycles. The Kier molecular flexibility index (Phi) is 4.54. The monoisotopic (exact) mass is 365 g/mol. The number of fused-ring (bicyclic) bond motifs is 1. The van der Waals surface area contributed by atoms with E-state index in [-0.39, 0.29) is 11.6 Å². The molecule has 6 heteroatoms. The molecule has 1 aliphatic rings. The van der Waals surface area contributed by atoms with E-state index in [2.05, 4.69) is 16.4 Å². The number of hydrogen-bond donors (Lipinski definition) is 1. The topological polar surface area (TPSA) is 45.2 Å². The molecule has 0 fully saturated rings. The van der Waals surface area contributed by atoms with Gasteiger partial charge >= 0.3 is 0 Å². The minimum absolute atomic E-state index is 0.135. The molecule has 1 aromatic heterocycles. The molecule has 0 aliphatic carbocycles. The predicted octanol–water partition coefficient (Wildman–Crippen LogP) is 4.30. The van der Waals surface area contributed by atoms with Crippen molar-refractivity contribution in [2.24, 2.45) is 0 Å². The van der Waals surface area contributed by atoms with Crippen LogP contribution in [0.2, 0.25) is 0 Å². The van der Waals surface area contributed by atoms with Gasteiger partial charge in [-0.3, -0.25) is 4.79 Å². The zero-order valence-corrected chi connectivity index (χ0v) is 14.5. The molecule has 27 heavy (non-hydrogen) atoms. The summed E-state index contributed by atoms with van der Waals surface area (Å²) in [5.74, 6) is -1.47. The van der Waals surface area contributed by atoms with Crippen LogP contribution in [0, 0.1) is 11.6 Å². The summed E-state index contributed by atoms with van der Waals surface area (Å²) in [6.07, 6.45) is 2.29. The Balaban J connectivity index is 1.47. The van der Waals surface area contributed by atoms with Crippen LogP contribution in [0.25, 0.3) is 0 Å². The van der Waals surface area contributed by atoms with E-state index < -0.39 is 11.6 Å². The Morgan fingerprint density at radius 2 is 1.85 bits per heavy atom. The van der Waals surface area contributed by atoms with E-state index >= 15 is 0 Å². The van der Waals surface area contributed by atoms with Crippen LogP contribution in [-0.4, -0.2) is 22.3 Å². The summed E-state index contributed by atoms with van der Waals surface area (Å²) in [6, 6.07) is 14.7. The maximum Gasteiger partial charge on any atom is 0.272 e. The third-order valence-corrected chi connectivity index (χ3v) is 4.61. The number of anilines is 2. The van der Waals surface area contributed by atoms with Gasteiger partial charge in [0, 0.05) is 19.2 Å². The standard InChI is InChI=1S/C21H17F2N3O/c22-16-5-7-19(18(23)11-16)25-17-6-8-20(24-12-17)21(27)26-10-9-14-3-1-2-4-15(14)13-26/h1-8,11-12,25H,9-10,13H2. The van der Waals surface area contributed by atoms with Crippen molar-refractivity contribution in [3.8, 4) is 0 Å². The summed E-state index contributed by atoms with van der Waals surface area (Å²) < 4.78 is 26.7. The molecule has 1 aliphatic heterocycles. The smallest absolute Gasteiger partial charge is 0.272 e. The lowest BCUT2D eigenvalue weighted by atomic mass is 10.00. The normalized spacial score (nSPS) is 13.2. The molecule has 136 valence electrons. The number of hydrogen-bond acceptors (Lipinski definition) is 3. The zero-order chi connectivity index (χ0) is 18.8. The van der Waals surface area contributed by atoms with E-state index in [9.17, 15) is 13.6 Å². The Labute approximate surface area is 155 Å². The van der Waals surface area contributed by atoms with Crippen LogP contribution in [0.15, 0.2) is 60.8 Å². The quantitative estimate of drug-likeness (QED) is 0.753. The number of amides is 1. The van der Waals surface area contributed by atoms with E-state index in [1.165, 1.54) is 23.9 Å². The highest BCUT2D eigenvalue weighted by Gasteiger charge is 2.22. The minimum atomic E-state index is -0.692. The second-order valence-electron chi connectivity index (χ2n) is 6.43. The highest BCUT2D eigenvalue weighted by Crippen LogP contribution is 2.22. The van der Waals surface area contributed by atoms with E-state index in [4.69, 9.17) is 0 Å². The van der Waals surface area contributed by atoms with Crippen molar-refractivity contribution in [3.05, 3.63) is 89.2 Å². The van der Waals surface area contributed by atoms with Crippen molar-refractivity contribution in [1.29, 1.82) is 0 Å². The first-order chi connectivity index (χ1) is 13.1. The molecule has 0 saturated heterocycles. The summed E-state index contributed by atoms with van der Waals surface area (Å²) in [7, 11) is 0. The Morgan fingerprint density at radius 3 is 2.59 bits per heavy atom. The van der Waals surface area contributed by atoms with Crippen LogP contribution >= 0.6 is 0 Å². The molecule has 1 amide bonds. The third kappa shape index (κ3) is 3.65. The van der Waals surface area contributed by atoms with Crippen LogP contribution in [-0.2, 0) is 13.0 Å². The van der Waals surface area contributed by atoms with Gasteiger partial charge in [0.05, 0.1) is 17.6 Å². The second kappa shape index (κ2) is 7.15. The number of aromatic nitrogens is 1. The fourth-order valence-corrected chi connectivity index (χ4v) is 3.17. The van der Waals surface area contributed by atoms with Gasteiger partial charge in [-0.25, -0.2) is 13.8 Å². The first kappa shape index (κ1) is 17.1. The van der Waals surface area contributed by atoms with Crippen LogP contribution in [0.1, 0.15) is 21.6 Å². The molecule has 2 aromatic carbocycles. The molecule has 0 spiro atoms. The lowest BCUT2D eigenvalue weighted by molar-refractivity contribution is 0.0729. The van der Waals surface area contributed by atoms with Crippen LogP contribution in [0.3, 0.4) is 0 Å². The third-order valence-electron chi connectivity index (χ3n) is 4.61. The largest absolute Gasteiger partial charge is 0.352 e. The number of benzene rings is 2. The summed E-state index contributed by atoms with van der Waals surface area (Å²) in [4.78, 5) is 18.7. The van der Waals surface area contributed by atoms with E-state index in [0.29, 0.717) is 24.5 Å². The molecule has 0 unspecified atom stereocenters. The minimum Gasteiger partial charge on any atom is -0.352 e. The molecular formula is C21H17F2N3O. The van der Waals surface area contributed by atoms with Gasteiger partial charge in [0.15, 0.2) is 0 Å². The van der Waals surface area contributed by atoms with E-state index in [1.807, 2.05) is 18.2 Å². The molecule has 4 nitrogen and oxygen atoms in total. The van der Waals surface area contributed by atoms with Crippen LogP contribution in [0.5, 0.6) is 0 Å².